The number of carbonyl (C=O) groups excluding carboxylic acids is 2. The van der Waals surface area contributed by atoms with Crippen LogP contribution in [-0.2, 0) is 9.59 Å². The Morgan fingerprint density at radius 3 is 2.57 bits per heavy atom. The first-order valence-corrected chi connectivity index (χ1v) is 9.27. The Bertz CT molecular complexity index is 953. The monoisotopic (exact) mass is 399 g/mol. The lowest BCUT2D eigenvalue weighted by atomic mass is 10.2. The zero-order valence-corrected chi connectivity index (χ0v) is 15.7. The number of rotatable bonds is 6. The van der Waals surface area contributed by atoms with Gasteiger partial charge >= 0.3 is 5.97 Å². The SMILES string of the molecule is CCC(Oc1cccc(/C=C2/SC(=O)N(c3ccc(O)cc3)C2=O)c1)C(=O)O. The van der Waals surface area contributed by atoms with E-state index in [0.29, 0.717) is 23.4 Å². The van der Waals surface area contributed by atoms with Gasteiger partial charge in [-0.3, -0.25) is 9.59 Å². The molecule has 144 valence electrons. The topological polar surface area (TPSA) is 104 Å². The fraction of sp³-hybridized carbons (Fsp3) is 0.150. The average molecular weight is 399 g/mol. The minimum Gasteiger partial charge on any atom is -0.508 e. The first kappa shape index (κ1) is 19.5. The molecule has 3 rings (SSSR count). The van der Waals surface area contributed by atoms with Crippen molar-refractivity contribution in [3.8, 4) is 11.5 Å². The Hall–Kier alpha value is -3.26. The molecule has 0 aliphatic carbocycles. The largest absolute Gasteiger partial charge is 0.508 e. The lowest BCUT2D eigenvalue weighted by Crippen LogP contribution is -2.27. The highest BCUT2D eigenvalue weighted by molar-refractivity contribution is 8.19. The molecule has 1 fully saturated rings. The first-order chi connectivity index (χ1) is 13.4. The molecule has 1 unspecified atom stereocenters. The first-order valence-electron chi connectivity index (χ1n) is 8.45. The molecule has 1 aliphatic rings. The van der Waals surface area contributed by atoms with Gasteiger partial charge < -0.3 is 14.9 Å². The number of nitrogens with zero attached hydrogens (tertiary/aromatic N) is 1. The van der Waals surface area contributed by atoms with Gasteiger partial charge in [0.1, 0.15) is 11.5 Å². The summed E-state index contributed by atoms with van der Waals surface area (Å²) in [5.74, 6) is -1.12. The number of aromatic hydroxyl groups is 1. The van der Waals surface area contributed by atoms with Crippen LogP contribution in [0.5, 0.6) is 11.5 Å². The number of phenols is 1. The van der Waals surface area contributed by atoms with Gasteiger partial charge in [-0.25, -0.2) is 9.69 Å². The van der Waals surface area contributed by atoms with Gasteiger partial charge in [-0.2, -0.15) is 0 Å². The predicted octanol–water partition coefficient (Wildman–Crippen LogP) is 3.88. The Balaban J connectivity index is 1.83. The summed E-state index contributed by atoms with van der Waals surface area (Å²) >= 11 is 0.806. The van der Waals surface area contributed by atoms with E-state index < -0.39 is 23.2 Å². The van der Waals surface area contributed by atoms with Gasteiger partial charge in [0.15, 0.2) is 6.10 Å². The van der Waals surface area contributed by atoms with Gasteiger partial charge in [0, 0.05) is 0 Å². The number of imide groups is 1. The van der Waals surface area contributed by atoms with Crippen molar-refractivity contribution in [3.05, 3.63) is 59.0 Å². The van der Waals surface area contributed by atoms with Crippen LogP contribution in [0.2, 0.25) is 0 Å². The van der Waals surface area contributed by atoms with Crippen LogP contribution in [0.4, 0.5) is 10.5 Å². The summed E-state index contributed by atoms with van der Waals surface area (Å²) in [5, 5.41) is 18.0. The zero-order chi connectivity index (χ0) is 20.3. The molecule has 7 nitrogen and oxygen atoms in total. The number of anilines is 1. The minimum absolute atomic E-state index is 0.0369. The molecule has 1 saturated heterocycles. The highest BCUT2D eigenvalue weighted by Gasteiger charge is 2.36. The molecule has 2 amide bonds. The van der Waals surface area contributed by atoms with Gasteiger partial charge in [0.2, 0.25) is 0 Å². The molecular weight excluding hydrogens is 382 g/mol. The zero-order valence-electron chi connectivity index (χ0n) is 14.9. The van der Waals surface area contributed by atoms with Crippen LogP contribution in [-0.4, -0.2) is 33.4 Å². The maximum Gasteiger partial charge on any atom is 0.344 e. The molecule has 28 heavy (non-hydrogen) atoms. The van der Waals surface area contributed by atoms with E-state index in [1.165, 1.54) is 24.3 Å². The van der Waals surface area contributed by atoms with Crippen molar-refractivity contribution in [2.45, 2.75) is 19.4 Å². The van der Waals surface area contributed by atoms with E-state index in [0.717, 1.165) is 16.7 Å². The molecule has 0 saturated carbocycles. The molecule has 1 heterocycles. The molecule has 0 spiro atoms. The Morgan fingerprint density at radius 1 is 1.21 bits per heavy atom. The van der Waals surface area contributed by atoms with Crippen molar-refractivity contribution in [3.63, 3.8) is 0 Å². The fourth-order valence-electron chi connectivity index (χ4n) is 2.59. The Morgan fingerprint density at radius 2 is 1.93 bits per heavy atom. The van der Waals surface area contributed by atoms with Crippen molar-refractivity contribution < 1.29 is 29.3 Å². The number of benzene rings is 2. The number of carboxylic acid groups (broad SMARTS) is 1. The van der Waals surface area contributed by atoms with E-state index in [-0.39, 0.29) is 10.7 Å². The van der Waals surface area contributed by atoms with E-state index >= 15 is 0 Å². The second-order valence-electron chi connectivity index (χ2n) is 5.96. The number of amides is 2. The van der Waals surface area contributed by atoms with Crippen LogP contribution < -0.4 is 9.64 Å². The van der Waals surface area contributed by atoms with E-state index in [1.807, 2.05) is 0 Å². The van der Waals surface area contributed by atoms with Gasteiger partial charge in [0.25, 0.3) is 11.1 Å². The average Bonchev–Trinajstić information content (AvgIpc) is 2.94. The maximum absolute atomic E-state index is 12.6. The molecule has 2 aromatic carbocycles. The standard InChI is InChI=1S/C20H17NO6S/c1-2-16(19(24)25)27-15-5-3-4-12(10-15)11-17-18(23)21(20(26)28-17)13-6-8-14(22)9-7-13/h3-11,16,22H,2H2,1H3,(H,24,25)/b17-11+. The number of ether oxygens (including phenoxy) is 1. The Labute approximate surface area is 165 Å². The van der Waals surface area contributed by atoms with Crippen LogP contribution in [0.1, 0.15) is 18.9 Å². The summed E-state index contributed by atoms with van der Waals surface area (Å²) < 4.78 is 5.46. The van der Waals surface area contributed by atoms with Gasteiger partial charge in [-0.15, -0.1) is 0 Å². The van der Waals surface area contributed by atoms with Gasteiger partial charge in [-0.1, -0.05) is 19.1 Å². The molecule has 8 heteroatoms. The molecule has 0 aromatic heterocycles. The van der Waals surface area contributed by atoms with Crippen LogP contribution >= 0.6 is 11.8 Å². The van der Waals surface area contributed by atoms with Crippen molar-refractivity contribution in [1.82, 2.24) is 0 Å². The summed E-state index contributed by atoms with van der Waals surface area (Å²) in [7, 11) is 0. The number of hydrogen-bond acceptors (Lipinski definition) is 6. The quantitative estimate of drug-likeness (QED) is 0.711. The van der Waals surface area contributed by atoms with Crippen LogP contribution in [0, 0.1) is 0 Å². The van der Waals surface area contributed by atoms with Crippen LogP contribution in [0.3, 0.4) is 0 Å². The van der Waals surface area contributed by atoms with E-state index in [1.54, 1.807) is 37.3 Å². The number of phenolic OH excluding ortho intramolecular Hbond substituents is 1. The number of carboxylic acids is 1. The molecule has 1 atom stereocenters. The molecule has 0 bridgehead atoms. The summed E-state index contributed by atoms with van der Waals surface area (Å²) in [6, 6.07) is 12.4. The van der Waals surface area contributed by atoms with Crippen molar-refractivity contribution in [2.75, 3.05) is 4.90 Å². The van der Waals surface area contributed by atoms with Gasteiger partial charge in [0.05, 0.1) is 10.6 Å². The van der Waals surface area contributed by atoms with E-state index in [2.05, 4.69) is 0 Å². The van der Waals surface area contributed by atoms with Crippen molar-refractivity contribution in [2.24, 2.45) is 0 Å². The fourth-order valence-corrected chi connectivity index (χ4v) is 3.44. The van der Waals surface area contributed by atoms with Crippen LogP contribution in [0.15, 0.2) is 53.4 Å². The predicted molar refractivity (Wildman–Crippen MR) is 105 cm³/mol. The summed E-state index contributed by atoms with van der Waals surface area (Å²) in [6.07, 6.45) is 0.905. The summed E-state index contributed by atoms with van der Waals surface area (Å²) in [6.45, 7) is 1.71. The molecule has 1 aliphatic heterocycles. The van der Waals surface area contributed by atoms with Crippen molar-refractivity contribution >= 4 is 40.6 Å². The molecular formula is C20H17NO6S. The third kappa shape index (κ3) is 4.17. The Kier molecular flexibility index (Phi) is 5.70. The van der Waals surface area contributed by atoms with E-state index in [9.17, 15) is 19.5 Å². The molecule has 2 aromatic rings. The van der Waals surface area contributed by atoms with Crippen LogP contribution in [0.25, 0.3) is 6.08 Å². The third-order valence-electron chi connectivity index (χ3n) is 3.98. The summed E-state index contributed by atoms with van der Waals surface area (Å²) in [4.78, 5) is 37.3. The maximum atomic E-state index is 12.6. The number of hydrogen-bond donors (Lipinski definition) is 2. The third-order valence-corrected chi connectivity index (χ3v) is 4.85. The number of carbonyl (C=O) groups is 3. The second kappa shape index (κ2) is 8.18. The minimum atomic E-state index is -1.05. The van der Waals surface area contributed by atoms with E-state index in [4.69, 9.17) is 9.84 Å². The molecule has 2 N–H and O–H groups in total. The lowest BCUT2D eigenvalue weighted by molar-refractivity contribution is -0.145. The highest BCUT2D eigenvalue weighted by atomic mass is 32.2. The normalized spacial score (nSPS) is 16.5. The molecule has 0 radical (unpaired) electrons. The van der Waals surface area contributed by atoms with Crippen molar-refractivity contribution in [1.29, 1.82) is 0 Å². The lowest BCUT2D eigenvalue weighted by Gasteiger charge is -2.13. The van der Waals surface area contributed by atoms with Gasteiger partial charge in [-0.05, 0) is 66.2 Å². The second-order valence-corrected chi connectivity index (χ2v) is 6.95. The smallest absolute Gasteiger partial charge is 0.344 e. The number of thioether (sulfide) groups is 1. The number of aliphatic carboxylic acids is 1. The highest BCUT2D eigenvalue weighted by Crippen LogP contribution is 2.36. The summed E-state index contributed by atoms with van der Waals surface area (Å²) in [5.41, 5.74) is 0.974.